The second-order valence-corrected chi connectivity index (χ2v) is 4.53. The first-order valence-electron chi connectivity index (χ1n) is 6.00. The van der Waals surface area contributed by atoms with Gasteiger partial charge in [0.05, 0.1) is 16.7 Å². The molecule has 0 atom stereocenters. The topological polar surface area (TPSA) is 81.2 Å². The number of nitro groups is 1. The van der Waals surface area contributed by atoms with Crippen LogP contribution in [0.4, 0.5) is 15.8 Å². The van der Waals surface area contributed by atoms with Gasteiger partial charge in [-0.25, -0.2) is 4.39 Å². The van der Waals surface area contributed by atoms with Crippen molar-refractivity contribution < 1.29 is 13.8 Å². The van der Waals surface area contributed by atoms with Gasteiger partial charge in [0.25, 0.3) is 5.69 Å². The minimum Gasteiger partial charge on any atom is -0.375 e. The van der Waals surface area contributed by atoms with Crippen LogP contribution in [0.2, 0.25) is 0 Å². The van der Waals surface area contributed by atoms with Crippen LogP contribution in [-0.4, -0.2) is 10.1 Å². The van der Waals surface area contributed by atoms with Gasteiger partial charge in [-0.1, -0.05) is 5.16 Å². The maximum absolute atomic E-state index is 13.4. The van der Waals surface area contributed by atoms with Crippen LogP contribution in [0.3, 0.4) is 0 Å². The summed E-state index contributed by atoms with van der Waals surface area (Å²) in [5, 5.41) is 17.7. The number of nitrogens with one attached hydrogen (secondary N) is 1. The Hall–Kier alpha value is -2.44. The molecular weight excluding hydrogens is 265 g/mol. The van der Waals surface area contributed by atoms with Crippen LogP contribution in [-0.2, 0) is 6.54 Å². The van der Waals surface area contributed by atoms with E-state index < -0.39 is 10.7 Å². The van der Waals surface area contributed by atoms with Gasteiger partial charge in [-0.3, -0.25) is 10.1 Å². The second-order valence-electron chi connectivity index (χ2n) is 4.53. The van der Waals surface area contributed by atoms with Gasteiger partial charge in [0.1, 0.15) is 17.3 Å². The highest BCUT2D eigenvalue weighted by Crippen LogP contribution is 2.28. The molecule has 0 fully saturated rings. The SMILES string of the molecule is Cc1cc(NCc2c(C)noc2C)c([N+](=O)[O-])cc1F. The Morgan fingerprint density at radius 3 is 2.65 bits per heavy atom. The lowest BCUT2D eigenvalue weighted by molar-refractivity contribution is -0.384. The van der Waals surface area contributed by atoms with Crippen molar-refractivity contribution in [3.63, 3.8) is 0 Å². The van der Waals surface area contributed by atoms with E-state index in [1.807, 2.05) is 0 Å². The standard InChI is InChI=1S/C13H14FN3O3/c1-7-4-12(13(17(18)19)5-11(7)14)15-6-10-8(2)16-20-9(10)3/h4-5,15H,6H2,1-3H3. The predicted octanol–water partition coefficient (Wildman–Crippen LogP) is 3.26. The van der Waals surface area contributed by atoms with Gasteiger partial charge < -0.3 is 9.84 Å². The number of hydrogen-bond donors (Lipinski definition) is 1. The molecule has 1 aromatic heterocycles. The van der Waals surface area contributed by atoms with E-state index in [-0.39, 0.29) is 11.4 Å². The molecule has 7 heteroatoms. The van der Waals surface area contributed by atoms with Gasteiger partial charge in [0.15, 0.2) is 0 Å². The molecule has 6 nitrogen and oxygen atoms in total. The lowest BCUT2D eigenvalue weighted by Crippen LogP contribution is -2.05. The summed E-state index contributed by atoms with van der Waals surface area (Å²) in [4.78, 5) is 10.3. The fourth-order valence-electron chi connectivity index (χ4n) is 1.90. The molecule has 1 heterocycles. The minimum absolute atomic E-state index is 0.272. The van der Waals surface area contributed by atoms with Crippen LogP contribution in [0, 0.1) is 36.7 Å². The summed E-state index contributed by atoms with van der Waals surface area (Å²) in [6.07, 6.45) is 0. The molecule has 0 aliphatic rings. The molecule has 0 radical (unpaired) electrons. The highest BCUT2D eigenvalue weighted by atomic mass is 19.1. The average Bonchev–Trinajstić information content (AvgIpc) is 2.70. The summed E-state index contributed by atoms with van der Waals surface area (Å²) in [7, 11) is 0. The summed E-state index contributed by atoms with van der Waals surface area (Å²) in [5.41, 5.74) is 1.88. The first-order valence-corrected chi connectivity index (χ1v) is 6.00. The number of benzene rings is 1. The molecule has 2 rings (SSSR count). The van der Waals surface area contributed by atoms with E-state index in [1.54, 1.807) is 20.8 Å². The first-order chi connectivity index (χ1) is 9.40. The van der Waals surface area contributed by atoms with Crippen molar-refractivity contribution in [2.75, 3.05) is 5.32 Å². The number of aryl methyl sites for hydroxylation is 3. The van der Waals surface area contributed by atoms with Gasteiger partial charge in [0, 0.05) is 12.1 Å². The van der Waals surface area contributed by atoms with Crippen molar-refractivity contribution in [1.82, 2.24) is 5.16 Å². The van der Waals surface area contributed by atoms with Gasteiger partial charge in [-0.2, -0.15) is 0 Å². The van der Waals surface area contributed by atoms with Crippen LogP contribution in [0.5, 0.6) is 0 Å². The minimum atomic E-state index is -0.613. The number of nitro benzene ring substituents is 1. The van der Waals surface area contributed by atoms with Gasteiger partial charge in [-0.15, -0.1) is 0 Å². The number of halogens is 1. The van der Waals surface area contributed by atoms with Crippen LogP contribution in [0.15, 0.2) is 16.7 Å². The third-order valence-electron chi connectivity index (χ3n) is 3.11. The zero-order chi connectivity index (χ0) is 14.9. The summed E-state index contributed by atoms with van der Waals surface area (Å²) in [5.74, 6) is 0.0519. The van der Waals surface area contributed by atoms with E-state index >= 15 is 0 Å². The van der Waals surface area contributed by atoms with Crippen LogP contribution in [0.25, 0.3) is 0 Å². The van der Waals surface area contributed by atoms with Crippen molar-refractivity contribution in [3.8, 4) is 0 Å². The maximum atomic E-state index is 13.4. The highest BCUT2D eigenvalue weighted by molar-refractivity contribution is 5.63. The molecule has 0 bridgehead atoms. The Morgan fingerprint density at radius 2 is 2.10 bits per heavy atom. The van der Waals surface area contributed by atoms with Crippen molar-refractivity contribution in [1.29, 1.82) is 0 Å². The molecule has 20 heavy (non-hydrogen) atoms. The van der Waals surface area contributed by atoms with Crippen molar-refractivity contribution in [2.45, 2.75) is 27.3 Å². The zero-order valence-corrected chi connectivity index (χ0v) is 11.4. The molecule has 1 aromatic carbocycles. The molecule has 0 spiro atoms. The average molecular weight is 279 g/mol. The van der Waals surface area contributed by atoms with E-state index in [1.165, 1.54) is 6.07 Å². The Balaban J connectivity index is 2.29. The van der Waals surface area contributed by atoms with E-state index in [4.69, 9.17) is 4.52 Å². The van der Waals surface area contributed by atoms with E-state index in [0.29, 0.717) is 17.9 Å². The monoisotopic (exact) mass is 279 g/mol. The molecule has 1 N–H and O–H groups in total. The molecule has 0 aliphatic heterocycles. The Morgan fingerprint density at radius 1 is 1.40 bits per heavy atom. The van der Waals surface area contributed by atoms with Gasteiger partial charge in [0.2, 0.25) is 0 Å². The predicted molar refractivity (Wildman–Crippen MR) is 71.1 cm³/mol. The largest absolute Gasteiger partial charge is 0.375 e. The van der Waals surface area contributed by atoms with E-state index in [9.17, 15) is 14.5 Å². The first kappa shape index (κ1) is 14.0. The third kappa shape index (κ3) is 2.61. The molecule has 0 unspecified atom stereocenters. The fourth-order valence-corrected chi connectivity index (χ4v) is 1.90. The molecule has 0 aliphatic carbocycles. The van der Waals surface area contributed by atoms with E-state index in [2.05, 4.69) is 10.5 Å². The molecule has 106 valence electrons. The second kappa shape index (κ2) is 5.28. The number of rotatable bonds is 4. The Bertz CT molecular complexity index is 648. The number of nitrogens with zero attached hydrogens (tertiary/aromatic N) is 2. The van der Waals surface area contributed by atoms with Crippen molar-refractivity contribution >= 4 is 11.4 Å². The summed E-state index contributed by atoms with van der Waals surface area (Å²) in [6.45, 7) is 5.44. The summed E-state index contributed by atoms with van der Waals surface area (Å²) in [6, 6.07) is 2.34. The van der Waals surface area contributed by atoms with Crippen LogP contribution < -0.4 is 5.32 Å². The lowest BCUT2D eigenvalue weighted by atomic mass is 10.1. The normalized spacial score (nSPS) is 10.6. The van der Waals surface area contributed by atoms with Crippen molar-refractivity contribution in [3.05, 3.63) is 50.6 Å². The molecule has 2 aromatic rings. The molecule has 0 saturated carbocycles. The van der Waals surface area contributed by atoms with Gasteiger partial charge in [-0.05, 0) is 32.4 Å². The smallest absolute Gasteiger partial charge is 0.295 e. The highest BCUT2D eigenvalue weighted by Gasteiger charge is 2.18. The Kier molecular flexibility index (Phi) is 3.69. The molecule has 0 saturated heterocycles. The zero-order valence-electron chi connectivity index (χ0n) is 11.4. The summed E-state index contributed by atoms with van der Waals surface area (Å²) >= 11 is 0. The lowest BCUT2D eigenvalue weighted by Gasteiger charge is -2.08. The van der Waals surface area contributed by atoms with Crippen LogP contribution >= 0.6 is 0 Å². The molecule has 0 amide bonds. The number of aromatic nitrogens is 1. The quantitative estimate of drug-likeness (QED) is 0.686. The summed E-state index contributed by atoms with van der Waals surface area (Å²) < 4.78 is 18.4. The number of hydrogen-bond acceptors (Lipinski definition) is 5. The van der Waals surface area contributed by atoms with Crippen LogP contribution in [0.1, 0.15) is 22.6 Å². The van der Waals surface area contributed by atoms with E-state index in [0.717, 1.165) is 17.3 Å². The number of anilines is 1. The Labute approximate surface area is 114 Å². The van der Waals surface area contributed by atoms with Crippen molar-refractivity contribution in [2.24, 2.45) is 0 Å². The third-order valence-corrected chi connectivity index (χ3v) is 3.11. The van der Waals surface area contributed by atoms with Gasteiger partial charge >= 0.3 is 0 Å². The molecular formula is C13H14FN3O3. The maximum Gasteiger partial charge on any atom is 0.295 e. The fraction of sp³-hybridized carbons (Fsp3) is 0.308.